The maximum atomic E-state index is 12.7. The highest BCUT2D eigenvalue weighted by atomic mass is 35.5. The number of thiophene rings is 1. The van der Waals surface area contributed by atoms with E-state index < -0.39 is 16.1 Å². The van der Waals surface area contributed by atoms with Gasteiger partial charge in [0.1, 0.15) is 16.1 Å². The molecule has 10 heteroatoms. The largest absolute Gasteiger partial charge is 0.296 e. The summed E-state index contributed by atoms with van der Waals surface area (Å²) in [4.78, 5) is 14.3. The minimum Gasteiger partial charge on any atom is -0.296 e. The summed E-state index contributed by atoms with van der Waals surface area (Å²) in [6.07, 6.45) is 2.81. The van der Waals surface area contributed by atoms with Crippen molar-refractivity contribution < 1.29 is 13.2 Å². The Kier molecular flexibility index (Phi) is 4.95. The monoisotopic (exact) mass is 388 g/mol. The molecule has 1 unspecified atom stereocenters. The molecule has 7 nitrogen and oxygen atoms in total. The van der Waals surface area contributed by atoms with Crippen LogP contribution in [0.5, 0.6) is 0 Å². The van der Waals surface area contributed by atoms with Crippen LogP contribution in [0.15, 0.2) is 28.6 Å². The van der Waals surface area contributed by atoms with Gasteiger partial charge in [-0.1, -0.05) is 11.6 Å². The molecule has 1 aliphatic rings. The minimum absolute atomic E-state index is 0.107. The zero-order chi connectivity index (χ0) is 17.3. The fourth-order valence-electron chi connectivity index (χ4n) is 2.70. The average Bonchev–Trinajstić information content (AvgIpc) is 3.18. The van der Waals surface area contributed by atoms with E-state index in [4.69, 9.17) is 11.6 Å². The van der Waals surface area contributed by atoms with Crippen molar-refractivity contribution in [2.75, 3.05) is 11.4 Å². The van der Waals surface area contributed by atoms with Crippen molar-refractivity contribution in [3.63, 3.8) is 0 Å². The normalized spacial score (nSPS) is 19.0. The van der Waals surface area contributed by atoms with Crippen LogP contribution in [0.25, 0.3) is 0 Å². The average molecular weight is 389 g/mol. The Labute approximate surface area is 149 Å². The van der Waals surface area contributed by atoms with Gasteiger partial charge >= 0.3 is 0 Å². The van der Waals surface area contributed by atoms with E-state index >= 15 is 0 Å². The number of aryl methyl sites for hydroxylation is 1. The quantitative estimate of drug-likeness (QED) is 0.849. The molecule has 0 radical (unpaired) electrons. The summed E-state index contributed by atoms with van der Waals surface area (Å²) < 4.78 is 29.6. The second-order valence-electron chi connectivity index (χ2n) is 5.37. The van der Waals surface area contributed by atoms with E-state index in [-0.39, 0.29) is 10.1 Å². The highest BCUT2D eigenvalue weighted by Crippen LogP contribution is 2.27. The first-order valence-electron chi connectivity index (χ1n) is 7.53. The predicted octanol–water partition coefficient (Wildman–Crippen LogP) is 2.09. The van der Waals surface area contributed by atoms with Crippen LogP contribution in [0.3, 0.4) is 0 Å². The number of carbonyl (C=O) groups is 1. The molecule has 0 saturated carbocycles. The lowest BCUT2D eigenvalue weighted by Crippen LogP contribution is -2.52. The van der Waals surface area contributed by atoms with Gasteiger partial charge in [0.15, 0.2) is 0 Å². The second-order valence-corrected chi connectivity index (χ2v) is 9.03. The van der Waals surface area contributed by atoms with Gasteiger partial charge in [0.25, 0.3) is 10.0 Å². The first kappa shape index (κ1) is 17.4. The van der Waals surface area contributed by atoms with Crippen molar-refractivity contribution in [1.82, 2.24) is 14.5 Å². The molecule has 1 aliphatic heterocycles. The van der Waals surface area contributed by atoms with Crippen molar-refractivity contribution >= 4 is 44.7 Å². The lowest BCUT2D eigenvalue weighted by Gasteiger charge is -2.32. The van der Waals surface area contributed by atoms with Crippen LogP contribution in [0, 0.1) is 0 Å². The summed E-state index contributed by atoms with van der Waals surface area (Å²) in [6, 6.07) is 3.93. The van der Waals surface area contributed by atoms with Crippen LogP contribution in [0.2, 0.25) is 4.34 Å². The lowest BCUT2D eigenvalue weighted by molar-refractivity contribution is -0.121. The third-order valence-electron chi connectivity index (χ3n) is 3.82. The summed E-state index contributed by atoms with van der Waals surface area (Å²) in [5, 5.41) is 4.17. The Morgan fingerprint density at radius 3 is 2.88 bits per heavy atom. The summed E-state index contributed by atoms with van der Waals surface area (Å²) in [5.41, 5.74) is 0. The van der Waals surface area contributed by atoms with Gasteiger partial charge in [0.2, 0.25) is 5.91 Å². The molecule has 3 rings (SSSR count). The van der Waals surface area contributed by atoms with Crippen molar-refractivity contribution in [3.05, 3.63) is 28.7 Å². The number of halogens is 1. The molecule has 1 amide bonds. The molecular formula is C14H17ClN4O3S2. The second kappa shape index (κ2) is 6.83. The maximum absolute atomic E-state index is 12.7. The first-order chi connectivity index (χ1) is 11.4. The Bertz CT molecular complexity index is 846. The van der Waals surface area contributed by atoms with Gasteiger partial charge in [-0.15, -0.1) is 11.3 Å². The Morgan fingerprint density at radius 1 is 1.42 bits per heavy atom. The molecule has 3 heterocycles. The minimum atomic E-state index is -3.77. The number of amides is 1. The third-order valence-corrected chi connectivity index (χ3v) is 7.01. The smallest absolute Gasteiger partial charge is 0.250 e. The summed E-state index contributed by atoms with van der Waals surface area (Å²) >= 11 is 6.77. The van der Waals surface area contributed by atoms with Crippen LogP contribution in [-0.4, -0.2) is 36.7 Å². The number of sulfonamides is 1. The van der Waals surface area contributed by atoms with Crippen LogP contribution in [0.1, 0.15) is 19.8 Å². The summed E-state index contributed by atoms with van der Waals surface area (Å²) in [5.74, 6) is 0.424. The molecule has 0 aliphatic carbocycles. The highest BCUT2D eigenvalue weighted by molar-refractivity contribution is 7.91. The SMILES string of the molecule is CCn1nccc1N1CCCC(NS(=O)(=O)c2ccc(Cl)s2)C1=O. The van der Waals surface area contributed by atoms with Crippen LogP contribution < -0.4 is 9.62 Å². The van der Waals surface area contributed by atoms with Crippen molar-refractivity contribution in [2.45, 2.75) is 36.6 Å². The van der Waals surface area contributed by atoms with Crippen LogP contribution in [-0.2, 0) is 21.4 Å². The predicted molar refractivity (Wildman–Crippen MR) is 92.9 cm³/mol. The van der Waals surface area contributed by atoms with E-state index in [1.807, 2.05) is 6.92 Å². The van der Waals surface area contributed by atoms with E-state index in [2.05, 4.69) is 9.82 Å². The number of hydrogen-bond acceptors (Lipinski definition) is 5. The van der Waals surface area contributed by atoms with Gasteiger partial charge in [-0.05, 0) is 31.9 Å². The maximum Gasteiger partial charge on any atom is 0.250 e. The summed E-state index contributed by atoms with van der Waals surface area (Å²) in [6.45, 7) is 3.12. The number of rotatable bonds is 5. The highest BCUT2D eigenvalue weighted by Gasteiger charge is 2.34. The zero-order valence-electron chi connectivity index (χ0n) is 13.0. The van der Waals surface area contributed by atoms with Crippen molar-refractivity contribution in [2.24, 2.45) is 0 Å². The molecule has 130 valence electrons. The van der Waals surface area contributed by atoms with Gasteiger partial charge < -0.3 is 0 Å². The van der Waals surface area contributed by atoms with E-state index in [0.29, 0.717) is 36.1 Å². The Morgan fingerprint density at radius 2 is 2.21 bits per heavy atom. The molecule has 0 bridgehead atoms. The standard InChI is InChI=1S/C14H17ClN4O3S2/c1-2-19-12(7-8-16-19)18-9-3-4-10(14(18)20)17-24(21,22)13-6-5-11(15)23-13/h5-8,10,17H,2-4,9H2,1H3. The van der Waals surface area contributed by atoms with Gasteiger partial charge in [0.05, 0.1) is 10.5 Å². The number of nitrogens with one attached hydrogen (secondary N) is 1. The molecule has 1 saturated heterocycles. The lowest BCUT2D eigenvalue weighted by atomic mass is 10.1. The number of carbonyl (C=O) groups excluding carboxylic acids is 1. The molecule has 2 aromatic rings. The van der Waals surface area contributed by atoms with E-state index in [9.17, 15) is 13.2 Å². The number of aromatic nitrogens is 2. The first-order valence-corrected chi connectivity index (χ1v) is 10.2. The fraction of sp³-hybridized carbons (Fsp3) is 0.429. The van der Waals surface area contributed by atoms with Gasteiger partial charge in [-0.2, -0.15) is 9.82 Å². The molecule has 2 aromatic heterocycles. The molecular weight excluding hydrogens is 372 g/mol. The molecule has 1 fully saturated rings. The van der Waals surface area contributed by atoms with Gasteiger partial charge in [-0.3, -0.25) is 9.69 Å². The molecule has 1 N–H and O–H groups in total. The van der Waals surface area contributed by atoms with Crippen molar-refractivity contribution in [1.29, 1.82) is 0 Å². The van der Waals surface area contributed by atoms with Gasteiger partial charge in [-0.25, -0.2) is 13.1 Å². The topological polar surface area (TPSA) is 84.3 Å². The summed E-state index contributed by atoms with van der Waals surface area (Å²) in [7, 11) is -3.77. The fourth-order valence-corrected chi connectivity index (χ4v) is 5.42. The van der Waals surface area contributed by atoms with Gasteiger partial charge in [0, 0.05) is 19.2 Å². The molecule has 0 aromatic carbocycles. The zero-order valence-corrected chi connectivity index (χ0v) is 15.4. The van der Waals surface area contributed by atoms with E-state index in [1.165, 1.54) is 12.1 Å². The molecule has 24 heavy (non-hydrogen) atoms. The number of nitrogens with zero attached hydrogens (tertiary/aromatic N) is 3. The van der Waals surface area contributed by atoms with Crippen LogP contribution >= 0.6 is 22.9 Å². The third kappa shape index (κ3) is 3.34. The number of anilines is 1. The Balaban J connectivity index is 1.81. The molecule has 1 atom stereocenters. The molecule has 0 spiro atoms. The van der Waals surface area contributed by atoms with Crippen LogP contribution in [0.4, 0.5) is 5.82 Å². The number of hydrogen-bond donors (Lipinski definition) is 1. The van der Waals surface area contributed by atoms with Crippen molar-refractivity contribution in [3.8, 4) is 0 Å². The van der Waals surface area contributed by atoms with E-state index in [0.717, 1.165) is 11.3 Å². The Hall–Kier alpha value is -1.42. The van der Waals surface area contributed by atoms with E-state index in [1.54, 1.807) is 21.8 Å². The number of piperidine rings is 1.